The third kappa shape index (κ3) is 4.09. The van der Waals surface area contributed by atoms with E-state index in [-0.39, 0.29) is 28.6 Å². The number of ketones is 1. The number of hydrogen-bond acceptors (Lipinski definition) is 1. The van der Waals surface area contributed by atoms with Crippen LogP contribution in [0.3, 0.4) is 0 Å². The van der Waals surface area contributed by atoms with E-state index in [2.05, 4.69) is 27.7 Å². The maximum absolute atomic E-state index is 13.2. The average Bonchev–Trinajstić information content (AvgIpc) is 2.23. The van der Waals surface area contributed by atoms with Gasteiger partial charge in [0.15, 0.2) is 0 Å². The van der Waals surface area contributed by atoms with Gasteiger partial charge in [0.2, 0.25) is 0 Å². The van der Waals surface area contributed by atoms with Crippen molar-refractivity contribution < 1.29 is 9.18 Å². The lowest BCUT2D eigenvalue weighted by Crippen LogP contribution is -2.21. The van der Waals surface area contributed by atoms with Crippen molar-refractivity contribution in [2.24, 2.45) is 11.3 Å². The van der Waals surface area contributed by atoms with Crippen LogP contribution >= 0.6 is 11.6 Å². The molecule has 0 N–H and O–H groups in total. The zero-order valence-electron chi connectivity index (χ0n) is 11.4. The van der Waals surface area contributed by atoms with Gasteiger partial charge in [0, 0.05) is 12.8 Å². The van der Waals surface area contributed by atoms with Crippen molar-refractivity contribution in [1.82, 2.24) is 0 Å². The second kappa shape index (κ2) is 5.83. The minimum atomic E-state index is -0.467. The summed E-state index contributed by atoms with van der Waals surface area (Å²) in [5.41, 5.74) is 0.671. The van der Waals surface area contributed by atoms with Gasteiger partial charge in [0.05, 0.1) is 5.02 Å². The maximum atomic E-state index is 13.2. The van der Waals surface area contributed by atoms with Crippen LogP contribution in [0.1, 0.15) is 39.7 Å². The summed E-state index contributed by atoms with van der Waals surface area (Å²) in [6.07, 6.45) is 0.702. The van der Waals surface area contributed by atoms with Crippen LogP contribution in [0.4, 0.5) is 4.39 Å². The van der Waals surface area contributed by atoms with E-state index in [1.165, 1.54) is 6.07 Å². The third-order valence-electron chi connectivity index (χ3n) is 3.43. The molecular formula is C15H20ClFO. The SMILES string of the molecule is CC(CC(=O)Cc1cccc(F)c1Cl)C(C)(C)C. The van der Waals surface area contributed by atoms with Gasteiger partial charge in [0.1, 0.15) is 11.6 Å². The first-order chi connectivity index (χ1) is 8.21. The van der Waals surface area contributed by atoms with Crippen LogP contribution < -0.4 is 0 Å². The highest BCUT2D eigenvalue weighted by Gasteiger charge is 2.23. The van der Waals surface area contributed by atoms with Gasteiger partial charge in [-0.05, 0) is 23.0 Å². The van der Waals surface area contributed by atoms with E-state index in [0.29, 0.717) is 12.0 Å². The Morgan fingerprint density at radius 3 is 2.56 bits per heavy atom. The van der Waals surface area contributed by atoms with Crippen molar-refractivity contribution in [2.75, 3.05) is 0 Å². The van der Waals surface area contributed by atoms with Crippen LogP contribution in [0, 0.1) is 17.2 Å². The normalized spacial score (nSPS) is 13.4. The largest absolute Gasteiger partial charge is 0.299 e. The van der Waals surface area contributed by atoms with Gasteiger partial charge in [-0.3, -0.25) is 4.79 Å². The van der Waals surface area contributed by atoms with E-state index >= 15 is 0 Å². The summed E-state index contributed by atoms with van der Waals surface area (Å²) in [5, 5.41) is 0.0641. The fourth-order valence-corrected chi connectivity index (χ4v) is 1.81. The molecule has 0 aromatic heterocycles. The van der Waals surface area contributed by atoms with Crippen LogP contribution in [0.2, 0.25) is 5.02 Å². The zero-order valence-corrected chi connectivity index (χ0v) is 12.1. The highest BCUT2D eigenvalue weighted by molar-refractivity contribution is 6.31. The van der Waals surface area contributed by atoms with Gasteiger partial charge < -0.3 is 0 Å². The Bertz CT molecular complexity index is 435. The molecule has 0 saturated heterocycles. The summed E-state index contributed by atoms with van der Waals surface area (Å²) < 4.78 is 13.2. The van der Waals surface area contributed by atoms with Crippen molar-refractivity contribution in [1.29, 1.82) is 0 Å². The molecule has 100 valence electrons. The predicted molar refractivity (Wildman–Crippen MR) is 73.4 cm³/mol. The topological polar surface area (TPSA) is 17.1 Å². The molecule has 0 aliphatic heterocycles. The van der Waals surface area contributed by atoms with E-state index in [9.17, 15) is 9.18 Å². The van der Waals surface area contributed by atoms with E-state index < -0.39 is 5.82 Å². The number of hydrogen-bond donors (Lipinski definition) is 0. The van der Waals surface area contributed by atoms with Gasteiger partial charge in [-0.15, -0.1) is 0 Å². The molecule has 1 unspecified atom stereocenters. The number of halogens is 2. The predicted octanol–water partition coefficient (Wildman–Crippen LogP) is 4.66. The van der Waals surface area contributed by atoms with Crippen molar-refractivity contribution in [3.05, 3.63) is 34.6 Å². The van der Waals surface area contributed by atoms with Crippen molar-refractivity contribution in [3.63, 3.8) is 0 Å². The van der Waals surface area contributed by atoms with Crippen LogP contribution in [-0.2, 0) is 11.2 Å². The molecular weight excluding hydrogens is 251 g/mol. The average molecular weight is 271 g/mol. The molecule has 0 saturated carbocycles. The smallest absolute Gasteiger partial charge is 0.142 e. The van der Waals surface area contributed by atoms with E-state index in [1.807, 2.05) is 0 Å². The minimum absolute atomic E-state index is 0.0641. The first-order valence-corrected chi connectivity index (χ1v) is 6.54. The van der Waals surface area contributed by atoms with Gasteiger partial charge >= 0.3 is 0 Å². The maximum Gasteiger partial charge on any atom is 0.142 e. The first kappa shape index (κ1) is 15.2. The lowest BCUT2D eigenvalue weighted by atomic mass is 9.79. The van der Waals surface area contributed by atoms with Crippen LogP contribution in [0.5, 0.6) is 0 Å². The van der Waals surface area contributed by atoms with Crippen LogP contribution in [0.15, 0.2) is 18.2 Å². The lowest BCUT2D eigenvalue weighted by Gasteiger charge is -2.26. The Balaban J connectivity index is 2.69. The van der Waals surface area contributed by atoms with Crippen molar-refractivity contribution in [3.8, 4) is 0 Å². The Kier molecular flexibility index (Phi) is 4.92. The fourth-order valence-electron chi connectivity index (χ4n) is 1.62. The number of rotatable bonds is 4. The summed E-state index contributed by atoms with van der Waals surface area (Å²) in [5.74, 6) is -0.0758. The summed E-state index contributed by atoms with van der Waals surface area (Å²) >= 11 is 5.84. The molecule has 1 rings (SSSR count). The van der Waals surface area contributed by atoms with E-state index in [1.54, 1.807) is 12.1 Å². The molecule has 1 atom stereocenters. The summed E-state index contributed by atoms with van der Waals surface area (Å²) in [6.45, 7) is 8.39. The molecule has 3 heteroatoms. The molecule has 0 bridgehead atoms. The molecule has 0 radical (unpaired) electrons. The minimum Gasteiger partial charge on any atom is -0.299 e. The summed E-state index contributed by atoms with van der Waals surface area (Å²) in [6, 6.07) is 4.58. The van der Waals surface area contributed by atoms with Gasteiger partial charge in [0.25, 0.3) is 0 Å². The lowest BCUT2D eigenvalue weighted by molar-refractivity contribution is -0.120. The molecule has 0 spiro atoms. The van der Waals surface area contributed by atoms with Crippen LogP contribution in [-0.4, -0.2) is 5.78 Å². The number of carbonyl (C=O) groups is 1. The Morgan fingerprint density at radius 1 is 1.39 bits per heavy atom. The van der Waals surface area contributed by atoms with Gasteiger partial charge in [-0.1, -0.05) is 51.4 Å². The molecule has 0 heterocycles. The van der Waals surface area contributed by atoms with E-state index in [4.69, 9.17) is 11.6 Å². The number of Topliss-reactive ketones (excluding diaryl/α,β-unsaturated/α-hetero) is 1. The molecule has 0 amide bonds. The van der Waals surface area contributed by atoms with Crippen molar-refractivity contribution >= 4 is 17.4 Å². The van der Waals surface area contributed by atoms with Gasteiger partial charge in [-0.25, -0.2) is 4.39 Å². The fraction of sp³-hybridized carbons (Fsp3) is 0.533. The van der Waals surface area contributed by atoms with Gasteiger partial charge in [-0.2, -0.15) is 0 Å². The van der Waals surface area contributed by atoms with E-state index in [0.717, 1.165) is 0 Å². The first-order valence-electron chi connectivity index (χ1n) is 6.16. The highest BCUT2D eigenvalue weighted by atomic mass is 35.5. The Hall–Kier alpha value is -0.890. The van der Waals surface area contributed by atoms with Crippen LogP contribution in [0.25, 0.3) is 0 Å². The molecule has 0 aliphatic rings. The molecule has 18 heavy (non-hydrogen) atoms. The number of benzene rings is 1. The summed E-state index contributed by atoms with van der Waals surface area (Å²) in [7, 11) is 0. The quantitative estimate of drug-likeness (QED) is 0.777. The molecule has 1 nitrogen and oxygen atoms in total. The monoisotopic (exact) mass is 270 g/mol. The standard InChI is InChI=1S/C15H20ClFO/c1-10(15(2,3)4)8-12(18)9-11-6-5-7-13(17)14(11)16/h5-7,10H,8-9H2,1-4H3. The number of carbonyl (C=O) groups excluding carboxylic acids is 1. The Labute approximate surface area is 113 Å². The summed E-state index contributed by atoms with van der Waals surface area (Å²) in [4.78, 5) is 12.0. The second-order valence-corrected chi connectivity index (χ2v) is 6.28. The molecule has 1 aromatic rings. The molecule has 0 fully saturated rings. The molecule has 1 aromatic carbocycles. The molecule has 0 aliphatic carbocycles. The second-order valence-electron chi connectivity index (χ2n) is 5.90. The Morgan fingerprint density at radius 2 is 2.00 bits per heavy atom. The van der Waals surface area contributed by atoms with Crippen molar-refractivity contribution in [2.45, 2.75) is 40.5 Å². The zero-order chi connectivity index (χ0) is 13.9. The highest BCUT2D eigenvalue weighted by Crippen LogP contribution is 2.29. The third-order valence-corrected chi connectivity index (χ3v) is 3.85.